The van der Waals surface area contributed by atoms with Gasteiger partial charge in [-0.2, -0.15) is 0 Å². The molecular formula is C23H29ClN2O4S. The van der Waals surface area contributed by atoms with Crippen LogP contribution in [0.5, 0.6) is 5.75 Å². The van der Waals surface area contributed by atoms with Crippen LogP contribution in [0.25, 0.3) is 0 Å². The lowest BCUT2D eigenvalue weighted by atomic mass is 9.92. The Bertz CT molecular complexity index is 1070. The number of sulfonamides is 1. The molecule has 0 atom stereocenters. The van der Waals surface area contributed by atoms with Crippen molar-refractivity contribution in [1.82, 2.24) is 0 Å². The van der Waals surface area contributed by atoms with E-state index in [0.717, 1.165) is 6.42 Å². The molecule has 0 aliphatic carbocycles. The number of carbonyl (C=O) groups excluding carboxylic acids is 1. The third kappa shape index (κ3) is 5.92. The van der Waals surface area contributed by atoms with E-state index >= 15 is 0 Å². The first kappa shape index (κ1) is 23.4. The summed E-state index contributed by atoms with van der Waals surface area (Å²) in [5.41, 5.74) is 0.964. The molecule has 0 aromatic heterocycles. The van der Waals surface area contributed by atoms with Crippen molar-refractivity contribution in [3.8, 4) is 5.75 Å². The van der Waals surface area contributed by atoms with Gasteiger partial charge in [0.05, 0.1) is 22.5 Å². The van der Waals surface area contributed by atoms with Gasteiger partial charge in [0.2, 0.25) is 15.9 Å². The molecule has 1 N–H and O–H groups in total. The summed E-state index contributed by atoms with van der Waals surface area (Å²) < 4.78 is 33.9. The molecular weight excluding hydrogens is 436 g/mol. The lowest BCUT2D eigenvalue weighted by Crippen LogP contribution is -2.42. The minimum atomic E-state index is -3.65. The average molecular weight is 465 g/mol. The van der Waals surface area contributed by atoms with Crippen LogP contribution in [0.4, 0.5) is 11.4 Å². The Morgan fingerprint density at radius 2 is 1.94 bits per heavy atom. The second-order valence-corrected chi connectivity index (χ2v) is 11.1. The van der Waals surface area contributed by atoms with Gasteiger partial charge in [0.25, 0.3) is 0 Å². The van der Waals surface area contributed by atoms with E-state index in [1.807, 2.05) is 13.8 Å². The van der Waals surface area contributed by atoms with Crippen LogP contribution >= 0.6 is 11.6 Å². The maximum atomic E-state index is 13.1. The molecule has 8 heteroatoms. The third-order valence-corrected chi connectivity index (χ3v) is 6.61. The molecule has 3 rings (SSSR count). The standard InChI is InChI=1S/C23H29ClN2O4S/c1-16(2)10-11-26-20-9-8-19(13-21(20)30-15-23(3,4)22(26)27)25-31(28,29)14-17-6-5-7-18(24)12-17/h5-9,12-13,16,25H,10-11,14-15H2,1-4H3. The number of ether oxygens (including phenoxy) is 1. The number of fused-ring (bicyclic) bond motifs is 1. The highest BCUT2D eigenvalue weighted by molar-refractivity contribution is 7.91. The van der Waals surface area contributed by atoms with Crippen molar-refractivity contribution in [1.29, 1.82) is 0 Å². The Balaban J connectivity index is 1.86. The maximum absolute atomic E-state index is 13.1. The van der Waals surface area contributed by atoms with E-state index in [4.69, 9.17) is 16.3 Å². The molecule has 0 unspecified atom stereocenters. The Morgan fingerprint density at radius 3 is 2.61 bits per heavy atom. The monoisotopic (exact) mass is 464 g/mol. The van der Waals surface area contributed by atoms with Crippen LogP contribution in [0.1, 0.15) is 39.7 Å². The van der Waals surface area contributed by atoms with Crippen LogP contribution in [-0.4, -0.2) is 27.5 Å². The van der Waals surface area contributed by atoms with E-state index in [1.54, 1.807) is 47.4 Å². The first-order valence-corrected chi connectivity index (χ1v) is 12.3. The second kappa shape index (κ2) is 9.09. The second-order valence-electron chi connectivity index (χ2n) is 8.99. The zero-order chi connectivity index (χ0) is 22.8. The Kier molecular flexibility index (Phi) is 6.86. The molecule has 6 nitrogen and oxygen atoms in total. The first-order valence-electron chi connectivity index (χ1n) is 10.3. The van der Waals surface area contributed by atoms with E-state index in [1.165, 1.54) is 0 Å². The van der Waals surface area contributed by atoms with Gasteiger partial charge in [-0.15, -0.1) is 0 Å². The zero-order valence-corrected chi connectivity index (χ0v) is 19.9. The predicted octanol–water partition coefficient (Wildman–Crippen LogP) is 5.08. The summed E-state index contributed by atoms with van der Waals surface area (Å²) in [4.78, 5) is 14.9. The number of carbonyl (C=O) groups is 1. The van der Waals surface area contributed by atoms with Crippen molar-refractivity contribution in [2.75, 3.05) is 22.8 Å². The Hall–Kier alpha value is -2.25. The fraction of sp³-hybridized carbons (Fsp3) is 0.435. The lowest BCUT2D eigenvalue weighted by Gasteiger charge is -2.28. The molecule has 0 saturated heterocycles. The normalized spacial score (nSPS) is 15.9. The smallest absolute Gasteiger partial charge is 0.236 e. The van der Waals surface area contributed by atoms with Crippen molar-refractivity contribution in [2.24, 2.45) is 11.3 Å². The summed E-state index contributed by atoms with van der Waals surface area (Å²) >= 11 is 5.96. The van der Waals surface area contributed by atoms with Crippen LogP contribution in [0, 0.1) is 11.3 Å². The number of amides is 1. The van der Waals surface area contributed by atoms with Crippen LogP contribution < -0.4 is 14.4 Å². The molecule has 1 aliphatic rings. The lowest BCUT2D eigenvalue weighted by molar-refractivity contribution is -0.127. The van der Waals surface area contributed by atoms with Crippen LogP contribution in [0.15, 0.2) is 42.5 Å². The summed E-state index contributed by atoms with van der Waals surface area (Å²) in [6.45, 7) is 8.74. The summed E-state index contributed by atoms with van der Waals surface area (Å²) in [7, 11) is -3.65. The quantitative estimate of drug-likeness (QED) is 0.620. The molecule has 2 aromatic carbocycles. The Labute approximate surface area is 189 Å². The Morgan fingerprint density at radius 1 is 1.19 bits per heavy atom. The van der Waals surface area contributed by atoms with Gasteiger partial charge in [0.1, 0.15) is 12.4 Å². The van der Waals surface area contributed by atoms with Crippen LogP contribution in [-0.2, 0) is 20.6 Å². The summed E-state index contributed by atoms with van der Waals surface area (Å²) in [6, 6.07) is 11.8. The fourth-order valence-electron chi connectivity index (χ4n) is 3.38. The molecule has 2 aromatic rings. The molecule has 0 saturated carbocycles. The molecule has 0 spiro atoms. The van der Waals surface area contributed by atoms with E-state index < -0.39 is 15.4 Å². The van der Waals surface area contributed by atoms with E-state index in [-0.39, 0.29) is 18.3 Å². The number of nitrogens with one attached hydrogen (secondary N) is 1. The van der Waals surface area contributed by atoms with Crippen molar-refractivity contribution < 1.29 is 17.9 Å². The van der Waals surface area contributed by atoms with Crippen molar-refractivity contribution in [2.45, 2.75) is 39.9 Å². The van der Waals surface area contributed by atoms with Crippen molar-refractivity contribution in [3.05, 3.63) is 53.1 Å². The molecule has 1 amide bonds. The number of hydrogen-bond donors (Lipinski definition) is 1. The van der Waals surface area contributed by atoms with Gasteiger partial charge in [-0.1, -0.05) is 37.6 Å². The molecule has 168 valence electrons. The number of nitrogens with zero attached hydrogens (tertiary/aromatic N) is 1. The van der Waals surface area contributed by atoms with Gasteiger partial charge < -0.3 is 9.64 Å². The molecule has 0 fully saturated rings. The summed E-state index contributed by atoms with van der Waals surface area (Å²) in [6.07, 6.45) is 0.856. The van der Waals surface area contributed by atoms with Gasteiger partial charge in [0, 0.05) is 17.6 Å². The van der Waals surface area contributed by atoms with E-state index in [9.17, 15) is 13.2 Å². The molecule has 31 heavy (non-hydrogen) atoms. The van der Waals surface area contributed by atoms with Gasteiger partial charge in [-0.25, -0.2) is 8.42 Å². The third-order valence-electron chi connectivity index (χ3n) is 5.11. The minimum absolute atomic E-state index is 0.00110. The number of hydrogen-bond acceptors (Lipinski definition) is 4. The number of benzene rings is 2. The van der Waals surface area contributed by atoms with Gasteiger partial charge in [0.15, 0.2) is 0 Å². The largest absolute Gasteiger partial charge is 0.490 e. The molecule has 0 bridgehead atoms. The topological polar surface area (TPSA) is 75.7 Å². The summed E-state index contributed by atoms with van der Waals surface area (Å²) in [5.74, 6) is 0.741. The number of rotatable bonds is 7. The van der Waals surface area contributed by atoms with Crippen molar-refractivity contribution in [3.63, 3.8) is 0 Å². The SMILES string of the molecule is CC(C)CCN1C(=O)C(C)(C)COc2cc(NS(=O)(=O)Cc3cccc(Cl)c3)ccc21. The number of halogens is 1. The fourth-order valence-corrected chi connectivity index (χ4v) is 4.77. The highest BCUT2D eigenvalue weighted by Gasteiger charge is 2.37. The number of anilines is 2. The van der Waals surface area contributed by atoms with E-state index in [0.29, 0.717) is 40.2 Å². The van der Waals surface area contributed by atoms with E-state index in [2.05, 4.69) is 18.6 Å². The van der Waals surface area contributed by atoms with Crippen LogP contribution in [0.3, 0.4) is 0 Å². The zero-order valence-electron chi connectivity index (χ0n) is 18.3. The van der Waals surface area contributed by atoms with Gasteiger partial charge in [-0.05, 0) is 56.0 Å². The maximum Gasteiger partial charge on any atom is 0.236 e. The van der Waals surface area contributed by atoms with Crippen LogP contribution in [0.2, 0.25) is 5.02 Å². The molecule has 0 radical (unpaired) electrons. The highest BCUT2D eigenvalue weighted by atomic mass is 35.5. The first-order chi connectivity index (χ1) is 14.5. The minimum Gasteiger partial charge on any atom is -0.490 e. The molecule has 1 aliphatic heterocycles. The molecule has 1 heterocycles. The average Bonchev–Trinajstić information content (AvgIpc) is 2.74. The highest BCUT2D eigenvalue weighted by Crippen LogP contribution is 2.38. The van der Waals surface area contributed by atoms with Gasteiger partial charge >= 0.3 is 0 Å². The summed E-state index contributed by atoms with van der Waals surface area (Å²) in [5, 5.41) is 0.486. The predicted molar refractivity (Wildman–Crippen MR) is 125 cm³/mol. The van der Waals surface area contributed by atoms with Gasteiger partial charge in [-0.3, -0.25) is 9.52 Å². The van der Waals surface area contributed by atoms with Crippen molar-refractivity contribution >= 4 is 38.9 Å².